The SMILES string of the molecule is O=C(Nc1ccc(O)c(-c2cc(C3CC3)n(C(=O)NCc3ccccc3Cl)n2)c1)c1ccco1. The number of furan rings is 1. The Bertz CT molecular complexity index is 1360. The fourth-order valence-corrected chi connectivity index (χ4v) is 3.87. The molecule has 34 heavy (non-hydrogen) atoms. The number of nitrogens with one attached hydrogen (secondary N) is 2. The van der Waals surface area contributed by atoms with Crippen molar-refractivity contribution in [2.24, 2.45) is 0 Å². The van der Waals surface area contributed by atoms with Crippen molar-refractivity contribution >= 4 is 29.2 Å². The molecule has 172 valence electrons. The van der Waals surface area contributed by atoms with Crippen LogP contribution in [0.4, 0.5) is 10.5 Å². The van der Waals surface area contributed by atoms with Gasteiger partial charge in [0.05, 0.1) is 17.7 Å². The molecule has 1 saturated carbocycles. The predicted molar refractivity (Wildman–Crippen MR) is 127 cm³/mol. The van der Waals surface area contributed by atoms with Crippen molar-refractivity contribution in [1.29, 1.82) is 0 Å². The van der Waals surface area contributed by atoms with E-state index in [1.54, 1.807) is 36.4 Å². The molecule has 3 N–H and O–H groups in total. The molecule has 0 spiro atoms. The number of nitrogens with zero attached hydrogens (tertiary/aromatic N) is 2. The molecule has 2 heterocycles. The van der Waals surface area contributed by atoms with Crippen LogP contribution in [0.3, 0.4) is 0 Å². The third-order valence-electron chi connectivity index (χ3n) is 5.59. The number of benzene rings is 2. The van der Waals surface area contributed by atoms with Crippen LogP contribution >= 0.6 is 11.6 Å². The van der Waals surface area contributed by atoms with Crippen LogP contribution < -0.4 is 10.6 Å². The van der Waals surface area contributed by atoms with Gasteiger partial charge in [-0.3, -0.25) is 4.79 Å². The van der Waals surface area contributed by atoms with E-state index >= 15 is 0 Å². The van der Waals surface area contributed by atoms with Gasteiger partial charge >= 0.3 is 6.03 Å². The maximum Gasteiger partial charge on any atom is 0.342 e. The summed E-state index contributed by atoms with van der Waals surface area (Å²) in [4.78, 5) is 25.3. The number of carbonyl (C=O) groups excluding carboxylic acids is 2. The highest BCUT2D eigenvalue weighted by atomic mass is 35.5. The Labute approximate surface area is 200 Å². The minimum absolute atomic E-state index is 0.0144. The molecule has 0 unspecified atom stereocenters. The van der Waals surface area contributed by atoms with E-state index in [0.29, 0.717) is 22.0 Å². The van der Waals surface area contributed by atoms with Gasteiger partial charge in [0.1, 0.15) is 5.75 Å². The molecule has 0 radical (unpaired) electrons. The molecular formula is C25H21ClN4O4. The van der Waals surface area contributed by atoms with Crippen LogP contribution in [0.25, 0.3) is 11.3 Å². The van der Waals surface area contributed by atoms with Gasteiger partial charge < -0.3 is 20.2 Å². The zero-order valence-corrected chi connectivity index (χ0v) is 18.7. The summed E-state index contributed by atoms with van der Waals surface area (Å²) in [5.74, 6) is -0.0225. The predicted octanol–water partition coefficient (Wildman–Crippen LogP) is 5.39. The quantitative estimate of drug-likeness (QED) is 0.323. The van der Waals surface area contributed by atoms with Crippen LogP contribution in [-0.2, 0) is 6.54 Å². The highest BCUT2D eigenvalue weighted by Gasteiger charge is 2.31. The molecule has 0 saturated heterocycles. The lowest BCUT2D eigenvalue weighted by molar-refractivity contribution is 0.0996. The molecule has 9 heteroatoms. The van der Waals surface area contributed by atoms with Crippen molar-refractivity contribution < 1.29 is 19.1 Å². The van der Waals surface area contributed by atoms with Crippen LogP contribution in [0, 0.1) is 0 Å². The largest absolute Gasteiger partial charge is 0.507 e. The fraction of sp³-hybridized carbons (Fsp3) is 0.160. The number of aromatic hydroxyl groups is 1. The van der Waals surface area contributed by atoms with E-state index in [9.17, 15) is 14.7 Å². The number of aromatic nitrogens is 2. The van der Waals surface area contributed by atoms with Crippen molar-refractivity contribution in [2.75, 3.05) is 5.32 Å². The van der Waals surface area contributed by atoms with E-state index < -0.39 is 5.91 Å². The van der Waals surface area contributed by atoms with Crippen LogP contribution in [0.1, 0.15) is 40.6 Å². The summed E-state index contributed by atoms with van der Waals surface area (Å²) in [5, 5.41) is 21.1. The van der Waals surface area contributed by atoms with Gasteiger partial charge in [-0.2, -0.15) is 9.78 Å². The summed E-state index contributed by atoms with van der Waals surface area (Å²) < 4.78 is 6.46. The maximum atomic E-state index is 13.0. The third-order valence-corrected chi connectivity index (χ3v) is 5.96. The van der Waals surface area contributed by atoms with E-state index in [1.807, 2.05) is 18.2 Å². The summed E-state index contributed by atoms with van der Waals surface area (Å²) in [5.41, 5.74) is 2.87. The summed E-state index contributed by atoms with van der Waals surface area (Å²) in [6.45, 7) is 0.261. The summed E-state index contributed by atoms with van der Waals surface area (Å²) in [6.07, 6.45) is 3.35. The van der Waals surface area contributed by atoms with Crippen LogP contribution in [0.5, 0.6) is 5.75 Å². The molecule has 0 aliphatic heterocycles. The topological polar surface area (TPSA) is 109 Å². The number of hydrogen-bond acceptors (Lipinski definition) is 5. The summed E-state index contributed by atoms with van der Waals surface area (Å²) in [7, 11) is 0. The Balaban J connectivity index is 1.40. The molecular weight excluding hydrogens is 456 g/mol. The Morgan fingerprint density at radius 2 is 1.94 bits per heavy atom. The van der Waals surface area contributed by atoms with Crippen LogP contribution in [0.15, 0.2) is 71.3 Å². The van der Waals surface area contributed by atoms with Gasteiger partial charge in [-0.15, -0.1) is 0 Å². The van der Waals surface area contributed by atoms with Crippen molar-refractivity contribution in [1.82, 2.24) is 15.1 Å². The highest BCUT2D eigenvalue weighted by molar-refractivity contribution is 6.31. The van der Waals surface area contributed by atoms with Crippen LogP contribution in [0.2, 0.25) is 5.02 Å². The van der Waals surface area contributed by atoms with Crippen molar-refractivity contribution in [3.05, 3.63) is 89.0 Å². The van der Waals surface area contributed by atoms with Gasteiger partial charge in [0.15, 0.2) is 5.76 Å². The normalized spacial score (nSPS) is 13.0. The summed E-state index contributed by atoms with van der Waals surface area (Å²) in [6, 6.07) is 16.6. The lowest BCUT2D eigenvalue weighted by Crippen LogP contribution is -2.30. The molecule has 5 rings (SSSR count). The molecule has 4 aromatic rings. The minimum atomic E-state index is -0.412. The molecule has 2 aromatic carbocycles. The Morgan fingerprint density at radius 3 is 2.68 bits per heavy atom. The number of halogens is 1. The number of phenolic OH excluding ortho intramolecular Hbond substituents is 1. The fourth-order valence-electron chi connectivity index (χ4n) is 3.67. The van der Waals surface area contributed by atoms with E-state index in [4.69, 9.17) is 16.0 Å². The summed E-state index contributed by atoms with van der Waals surface area (Å²) >= 11 is 6.19. The van der Waals surface area contributed by atoms with Crippen molar-refractivity contribution in [2.45, 2.75) is 25.3 Å². The average Bonchev–Trinajstić information content (AvgIpc) is 3.34. The second kappa shape index (κ2) is 9.07. The second-order valence-electron chi connectivity index (χ2n) is 8.05. The zero-order chi connectivity index (χ0) is 23.7. The molecule has 1 aliphatic carbocycles. The maximum absolute atomic E-state index is 13.0. The van der Waals surface area contributed by atoms with Gasteiger partial charge in [0, 0.05) is 28.7 Å². The van der Waals surface area contributed by atoms with Crippen molar-refractivity contribution in [3.63, 3.8) is 0 Å². The molecule has 1 aliphatic rings. The van der Waals surface area contributed by atoms with E-state index in [1.165, 1.54) is 17.0 Å². The number of anilines is 1. The molecule has 2 amide bonds. The average molecular weight is 477 g/mol. The smallest absolute Gasteiger partial charge is 0.342 e. The standard InChI is InChI=1S/C25H21ClN4O4/c26-19-5-2-1-4-16(19)14-27-25(33)30-21(15-7-8-15)13-20(29-30)18-12-17(9-10-22(18)31)28-24(32)23-6-3-11-34-23/h1-6,9-13,15,31H,7-8,14H2,(H,27,33)(H,28,32). The number of amides is 2. The minimum Gasteiger partial charge on any atom is -0.507 e. The first-order chi connectivity index (χ1) is 16.5. The molecule has 0 atom stereocenters. The van der Waals surface area contributed by atoms with Gasteiger partial charge in [-0.25, -0.2) is 4.79 Å². The first-order valence-corrected chi connectivity index (χ1v) is 11.2. The number of rotatable bonds is 6. The second-order valence-corrected chi connectivity index (χ2v) is 8.46. The van der Waals surface area contributed by atoms with Crippen molar-refractivity contribution in [3.8, 4) is 17.0 Å². The van der Waals surface area contributed by atoms with Gasteiger partial charge in [-0.05, 0) is 60.9 Å². The molecule has 2 aromatic heterocycles. The van der Waals surface area contributed by atoms with Crippen LogP contribution in [-0.4, -0.2) is 26.8 Å². The van der Waals surface area contributed by atoms with E-state index in [-0.39, 0.29) is 30.0 Å². The number of phenols is 1. The first kappa shape index (κ1) is 21.8. The van der Waals surface area contributed by atoms with E-state index in [0.717, 1.165) is 24.1 Å². The lowest BCUT2D eigenvalue weighted by Gasteiger charge is -2.09. The molecule has 8 nitrogen and oxygen atoms in total. The zero-order valence-electron chi connectivity index (χ0n) is 18.0. The first-order valence-electron chi connectivity index (χ1n) is 10.8. The number of carbonyl (C=O) groups is 2. The van der Waals surface area contributed by atoms with Gasteiger partial charge in [0.25, 0.3) is 5.91 Å². The van der Waals surface area contributed by atoms with E-state index in [2.05, 4.69) is 15.7 Å². The Kier molecular flexibility index (Phi) is 5.81. The van der Waals surface area contributed by atoms with Gasteiger partial charge in [-0.1, -0.05) is 29.8 Å². The van der Waals surface area contributed by atoms with Gasteiger partial charge in [0.2, 0.25) is 0 Å². The Morgan fingerprint density at radius 1 is 1.12 bits per heavy atom. The lowest BCUT2D eigenvalue weighted by atomic mass is 10.1. The third kappa shape index (κ3) is 4.53. The molecule has 1 fully saturated rings. The number of hydrogen-bond donors (Lipinski definition) is 3. The molecule has 0 bridgehead atoms. The Hall–Kier alpha value is -4.04. The monoisotopic (exact) mass is 476 g/mol. The highest BCUT2D eigenvalue weighted by Crippen LogP contribution is 2.42.